The Hall–Kier alpha value is -4.89. The van der Waals surface area contributed by atoms with Crippen molar-refractivity contribution in [3.8, 4) is 17.6 Å². The molecule has 2 aromatic carbocycles. The van der Waals surface area contributed by atoms with Gasteiger partial charge in [-0.25, -0.2) is 4.98 Å². The molecule has 3 rings (SSSR count). The summed E-state index contributed by atoms with van der Waals surface area (Å²) in [5, 5.41) is 35.7. The summed E-state index contributed by atoms with van der Waals surface area (Å²) >= 11 is 0. The van der Waals surface area contributed by atoms with Crippen molar-refractivity contribution in [2.75, 3.05) is 12.5 Å². The molecule has 0 spiro atoms. The van der Waals surface area contributed by atoms with E-state index in [2.05, 4.69) is 21.6 Å². The number of pyridine rings is 1. The van der Waals surface area contributed by atoms with E-state index in [1.807, 2.05) is 0 Å². The van der Waals surface area contributed by atoms with Crippen molar-refractivity contribution >= 4 is 23.4 Å². The van der Waals surface area contributed by atoms with Gasteiger partial charge in [-0.2, -0.15) is 10.4 Å². The summed E-state index contributed by atoms with van der Waals surface area (Å²) in [4.78, 5) is 24.9. The van der Waals surface area contributed by atoms with Crippen LogP contribution >= 0.6 is 0 Å². The van der Waals surface area contributed by atoms with Crippen LogP contribution in [0.3, 0.4) is 0 Å². The second-order valence-electron chi connectivity index (χ2n) is 6.90. The Kier molecular flexibility index (Phi) is 7.42. The van der Waals surface area contributed by atoms with Crippen LogP contribution in [0.25, 0.3) is 0 Å². The SMILES string of the molecule is COCc1cc(C)nc(N/N=C\c2ccc(Oc3ccc([N+](=O)[O-])cc3[N+](=O)[O-])cc2)c1C#N. The van der Waals surface area contributed by atoms with Crippen LogP contribution in [0.4, 0.5) is 17.2 Å². The maximum absolute atomic E-state index is 11.2. The van der Waals surface area contributed by atoms with E-state index < -0.39 is 21.2 Å². The van der Waals surface area contributed by atoms with Gasteiger partial charge in [0, 0.05) is 24.4 Å². The highest BCUT2D eigenvalue weighted by Gasteiger charge is 2.21. The summed E-state index contributed by atoms with van der Waals surface area (Å²) in [5.41, 5.74) is 4.23. The molecule has 12 nitrogen and oxygen atoms in total. The highest BCUT2D eigenvalue weighted by atomic mass is 16.6. The van der Waals surface area contributed by atoms with Crippen molar-refractivity contribution in [3.05, 3.63) is 91.1 Å². The lowest BCUT2D eigenvalue weighted by Gasteiger charge is -2.09. The third-order valence-electron chi connectivity index (χ3n) is 4.48. The summed E-state index contributed by atoms with van der Waals surface area (Å²) in [7, 11) is 1.54. The molecule has 172 valence electrons. The molecular weight excluding hydrogens is 444 g/mol. The van der Waals surface area contributed by atoms with Gasteiger partial charge < -0.3 is 9.47 Å². The number of nitrogens with zero attached hydrogens (tertiary/aromatic N) is 5. The van der Waals surface area contributed by atoms with Gasteiger partial charge in [0.2, 0.25) is 5.75 Å². The molecule has 1 N–H and O–H groups in total. The maximum atomic E-state index is 11.2. The first-order valence-electron chi connectivity index (χ1n) is 9.71. The van der Waals surface area contributed by atoms with Gasteiger partial charge in [0.1, 0.15) is 17.4 Å². The second-order valence-corrected chi connectivity index (χ2v) is 6.90. The molecule has 0 aliphatic rings. The second kappa shape index (κ2) is 10.6. The topological polar surface area (TPSA) is 166 Å². The fourth-order valence-electron chi connectivity index (χ4n) is 2.98. The van der Waals surface area contributed by atoms with Crippen LogP contribution in [0, 0.1) is 38.5 Å². The molecule has 0 saturated heterocycles. The number of nitrogens with one attached hydrogen (secondary N) is 1. The standard InChI is InChI=1S/C22H18N6O6/c1-14-9-16(13-33-2)19(11-23)22(25-14)26-24-12-15-3-6-18(7-4-15)34-21-8-5-17(27(29)30)10-20(21)28(31)32/h3-10,12H,13H2,1-2H3,(H,25,26)/b24-12-. The first-order valence-corrected chi connectivity index (χ1v) is 9.71. The maximum Gasteiger partial charge on any atom is 0.318 e. The largest absolute Gasteiger partial charge is 0.450 e. The smallest absolute Gasteiger partial charge is 0.318 e. The molecule has 0 unspecified atom stereocenters. The zero-order valence-electron chi connectivity index (χ0n) is 18.1. The van der Waals surface area contributed by atoms with E-state index in [9.17, 15) is 25.5 Å². The average molecular weight is 462 g/mol. The Labute approximate surface area is 193 Å². The minimum atomic E-state index is -0.748. The van der Waals surface area contributed by atoms with Gasteiger partial charge in [-0.1, -0.05) is 0 Å². The zero-order chi connectivity index (χ0) is 24.7. The van der Waals surface area contributed by atoms with E-state index in [4.69, 9.17) is 9.47 Å². The third-order valence-corrected chi connectivity index (χ3v) is 4.48. The number of rotatable bonds is 9. The normalized spacial score (nSPS) is 10.6. The van der Waals surface area contributed by atoms with E-state index in [1.54, 1.807) is 37.3 Å². The van der Waals surface area contributed by atoms with E-state index in [1.165, 1.54) is 19.4 Å². The van der Waals surface area contributed by atoms with Crippen LogP contribution in [0.1, 0.15) is 22.4 Å². The van der Waals surface area contributed by atoms with Crippen molar-refractivity contribution in [3.63, 3.8) is 0 Å². The van der Waals surface area contributed by atoms with E-state index in [0.717, 1.165) is 12.1 Å². The number of ether oxygens (including phenoxy) is 2. The van der Waals surface area contributed by atoms with Crippen LogP contribution in [0.5, 0.6) is 11.5 Å². The van der Waals surface area contributed by atoms with Crippen molar-refractivity contribution in [1.29, 1.82) is 5.26 Å². The number of non-ortho nitro benzene ring substituents is 1. The highest BCUT2D eigenvalue weighted by molar-refractivity contribution is 5.80. The molecule has 0 radical (unpaired) electrons. The van der Waals surface area contributed by atoms with Crippen LogP contribution in [-0.4, -0.2) is 28.2 Å². The zero-order valence-corrected chi connectivity index (χ0v) is 18.1. The molecule has 0 bridgehead atoms. The first-order chi connectivity index (χ1) is 16.3. The van der Waals surface area contributed by atoms with Crippen LogP contribution in [-0.2, 0) is 11.3 Å². The lowest BCUT2D eigenvalue weighted by atomic mass is 10.1. The number of hydrogen-bond acceptors (Lipinski definition) is 10. The molecule has 3 aromatic rings. The van der Waals surface area contributed by atoms with Gasteiger partial charge in [-0.15, -0.1) is 0 Å². The number of methoxy groups -OCH3 is 1. The summed E-state index contributed by atoms with van der Waals surface area (Å²) < 4.78 is 10.7. The van der Waals surface area contributed by atoms with Crippen molar-refractivity contribution in [2.24, 2.45) is 5.10 Å². The molecule has 0 aliphatic carbocycles. The Morgan fingerprint density at radius 3 is 2.50 bits per heavy atom. The van der Waals surface area contributed by atoms with E-state index in [-0.39, 0.29) is 12.4 Å². The van der Waals surface area contributed by atoms with Gasteiger partial charge in [-0.05, 0) is 48.9 Å². The minimum Gasteiger partial charge on any atom is -0.450 e. The van der Waals surface area contributed by atoms with Gasteiger partial charge in [0.15, 0.2) is 5.82 Å². The number of nitro groups is 2. The number of anilines is 1. The predicted molar refractivity (Wildman–Crippen MR) is 122 cm³/mol. The Balaban J connectivity index is 1.74. The quantitative estimate of drug-likeness (QED) is 0.274. The molecular formula is C22H18N6O6. The molecule has 12 heteroatoms. The van der Waals surface area contributed by atoms with Gasteiger partial charge in [0.05, 0.1) is 28.7 Å². The highest BCUT2D eigenvalue weighted by Crippen LogP contribution is 2.34. The molecule has 0 atom stereocenters. The number of aryl methyl sites for hydroxylation is 1. The molecule has 1 aromatic heterocycles. The molecule has 1 heterocycles. The monoisotopic (exact) mass is 462 g/mol. The molecule has 0 aliphatic heterocycles. The van der Waals surface area contributed by atoms with Crippen LogP contribution in [0.2, 0.25) is 0 Å². The lowest BCUT2D eigenvalue weighted by Crippen LogP contribution is -2.03. The number of nitro benzene ring substituents is 2. The summed E-state index contributed by atoms with van der Waals surface area (Å²) in [6.45, 7) is 2.06. The predicted octanol–water partition coefficient (Wildman–Crippen LogP) is 4.46. The lowest BCUT2D eigenvalue weighted by molar-refractivity contribution is -0.394. The van der Waals surface area contributed by atoms with Crippen LogP contribution < -0.4 is 10.2 Å². The van der Waals surface area contributed by atoms with E-state index in [0.29, 0.717) is 34.0 Å². The van der Waals surface area contributed by atoms with Gasteiger partial charge in [0.25, 0.3) is 5.69 Å². The summed E-state index contributed by atoms with van der Waals surface area (Å²) in [6.07, 6.45) is 1.50. The number of benzene rings is 2. The van der Waals surface area contributed by atoms with E-state index >= 15 is 0 Å². The van der Waals surface area contributed by atoms with Crippen molar-refractivity contribution < 1.29 is 19.3 Å². The minimum absolute atomic E-state index is 0.125. The Morgan fingerprint density at radius 1 is 1.15 bits per heavy atom. The number of aromatic nitrogens is 1. The number of hydrogen-bond donors (Lipinski definition) is 1. The third kappa shape index (κ3) is 5.67. The Bertz CT molecular complexity index is 1300. The van der Waals surface area contributed by atoms with Crippen LogP contribution in [0.15, 0.2) is 53.6 Å². The Morgan fingerprint density at radius 2 is 1.88 bits per heavy atom. The summed E-state index contributed by atoms with van der Waals surface area (Å²) in [6, 6.07) is 13.5. The first kappa shape index (κ1) is 23.8. The van der Waals surface area contributed by atoms with Gasteiger partial charge >= 0.3 is 5.69 Å². The van der Waals surface area contributed by atoms with Gasteiger partial charge in [-0.3, -0.25) is 25.7 Å². The molecule has 34 heavy (non-hydrogen) atoms. The molecule has 0 fully saturated rings. The average Bonchev–Trinajstić information content (AvgIpc) is 2.80. The fraction of sp³-hybridized carbons (Fsp3) is 0.136. The number of nitriles is 1. The fourth-order valence-corrected chi connectivity index (χ4v) is 2.98. The summed E-state index contributed by atoms with van der Waals surface area (Å²) in [5.74, 6) is 0.467. The van der Waals surface area contributed by atoms with Crippen molar-refractivity contribution in [1.82, 2.24) is 4.98 Å². The number of hydrazone groups is 1. The molecule has 0 saturated carbocycles. The molecule has 0 amide bonds. The van der Waals surface area contributed by atoms with Crippen molar-refractivity contribution in [2.45, 2.75) is 13.5 Å².